The van der Waals surface area contributed by atoms with Crippen LogP contribution in [0, 0.1) is 0 Å². The largest absolute Gasteiger partial charge is 0.495 e. The highest BCUT2D eigenvalue weighted by molar-refractivity contribution is 8.01. The van der Waals surface area contributed by atoms with Crippen LogP contribution in [0.5, 0.6) is 5.75 Å². The van der Waals surface area contributed by atoms with Crippen molar-refractivity contribution in [3.8, 4) is 5.75 Å². The fourth-order valence-corrected chi connectivity index (χ4v) is 5.35. The Hall–Kier alpha value is -1.56. The molecule has 12 heteroatoms. The molecule has 1 atom stereocenters. The maximum atomic E-state index is 12.7. The predicted molar refractivity (Wildman–Crippen MR) is 114 cm³/mol. The zero-order valence-corrected chi connectivity index (χ0v) is 19.0. The standard InChI is InChI=1S/C16H21ClN4O4S3/c1-5-8-26-16-20-19-15(27-16)18-14(22)10(2)21(28(4,23)24)12-9-11(17)6-7-13(12)25-3/h6-7,9-10H,5,8H2,1-4H3,(H,18,19,22)/t10-/m0/s1. The third kappa shape index (κ3) is 5.72. The number of amides is 1. The number of nitrogens with zero attached hydrogens (tertiary/aromatic N) is 3. The Morgan fingerprint density at radius 3 is 2.75 bits per heavy atom. The molecule has 8 nitrogen and oxygen atoms in total. The minimum Gasteiger partial charge on any atom is -0.495 e. The van der Waals surface area contributed by atoms with Crippen molar-refractivity contribution in [2.45, 2.75) is 30.6 Å². The number of benzene rings is 1. The number of methoxy groups -OCH3 is 1. The molecule has 0 saturated carbocycles. The van der Waals surface area contributed by atoms with Gasteiger partial charge in [-0.1, -0.05) is 41.6 Å². The average Bonchev–Trinajstić information content (AvgIpc) is 3.06. The molecule has 0 saturated heterocycles. The molecule has 1 aromatic heterocycles. The van der Waals surface area contributed by atoms with E-state index in [2.05, 4.69) is 22.4 Å². The zero-order chi connectivity index (χ0) is 20.9. The number of ether oxygens (including phenoxy) is 1. The SMILES string of the molecule is CCCSc1nnc(NC(=O)[C@H](C)N(c2cc(Cl)ccc2OC)S(C)(=O)=O)s1. The Morgan fingerprint density at radius 2 is 2.14 bits per heavy atom. The van der Waals surface area contributed by atoms with Crippen LogP contribution < -0.4 is 14.4 Å². The molecule has 0 aliphatic heterocycles. The van der Waals surface area contributed by atoms with E-state index in [0.717, 1.165) is 27.1 Å². The van der Waals surface area contributed by atoms with Gasteiger partial charge in [-0.05, 0) is 31.5 Å². The predicted octanol–water partition coefficient (Wildman–Crippen LogP) is 3.50. The number of aromatic nitrogens is 2. The van der Waals surface area contributed by atoms with E-state index in [9.17, 15) is 13.2 Å². The van der Waals surface area contributed by atoms with Crippen LogP contribution in [0.15, 0.2) is 22.5 Å². The van der Waals surface area contributed by atoms with E-state index >= 15 is 0 Å². The van der Waals surface area contributed by atoms with Crippen molar-refractivity contribution in [2.75, 3.05) is 28.7 Å². The molecule has 1 aromatic carbocycles. The van der Waals surface area contributed by atoms with Crippen LogP contribution in [0.25, 0.3) is 0 Å². The zero-order valence-electron chi connectivity index (χ0n) is 15.8. The first kappa shape index (κ1) is 22.7. The van der Waals surface area contributed by atoms with Crippen LogP contribution >= 0.6 is 34.7 Å². The maximum Gasteiger partial charge on any atom is 0.249 e. The number of hydrogen-bond donors (Lipinski definition) is 1. The molecule has 2 rings (SSSR count). The molecule has 1 heterocycles. The van der Waals surface area contributed by atoms with Crippen molar-refractivity contribution in [1.29, 1.82) is 0 Å². The average molecular weight is 465 g/mol. The summed E-state index contributed by atoms with van der Waals surface area (Å²) in [6, 6.07) is 3.49. The number of carbonyl (C=O) groups is 1. The lowest BCUT2D eigenvalue weighted by Gasteiger charge is -2.29. The van der Waals surface area contributed by atoms with Gasteiger partial charge in [0.1, 0.15) is 11.8 Å². The molecule has 1 N–H and O–H groups in total. The highest BCUT2D eigenvalue weighted by Crippen LogP contribution is 2.34. The second-order valence-electron chi connectivity index (χ2n) is 5.76. The van der Waals surface area contributed by atoms with Crippen LogP contribution in [-0.2, 0) is 14.8 Å². The van der Waals surface area contributed by atoms with Crippen LogP contribution in [0.4, 0.5) is 10.8 Å². The van der Waals surface area contributed by atoms with E-state index in [-0.39, 0.29) is 11.4 Å². The minimum absolute atomic E-state index is 0.177. The molecule has 0 bridgehead atoms. The minimum atomic E-state index is -3.81. The number of rotatable bonds is 9. The lowest BCUT2D eigenvalue weighted by atomic mass is 10.2. The highest BCUT2D eigenvalue weighted by Gasteiger charge is 2.32. The monoisotopic (exact) mass is 464 g/mol. The lowest BCUT2D eigenvalue weighted by molar-refractivity contribution is -0.116. The fraction of sp³-hybridized carbons (Fsp3) is 0.438. The third-order valence-corrected chi connectivity index (χ3v) is 7.17. The van der Waals surface area contributed by atoms with Gasteiger partial charge < -0.3 is 4.74 Å². The van der Waals surface area contributed by atoms with Gasteiger partial charge in [0, 0.05) is 10.8 Å². The molecular weight excluding hydrogens is 444 g/mol. The first-order valence-electron chi connectivity index (χ1n) is 8.27. The third-order valence-electron chi connectivity index (χ3n) is 3.53. The van der Waals surface area contributed by atoms with Crippen molar-refractivity contribution < 1.29 is 17.9 Å². The summed E-state index contributed by atoms with van der Waals surface area (Å²) in [7, 11) is -2.40. The van der Waals surface area contributed by atoms with Crippen LogP contribution in [0.3, 0.4) is 0 Å². The molecule has 0 radical (unpaired) electrons. The first-order chi connectivity index (χ1) is 13.2. The number of nitrogens with one attached hydrogen (secondary N) is 1. The molecule has 0 spiro atoms. The smallest absolute Gasteiger partial charge is 0.249 e. The molecule has 0 fully saturated rings. The summed E-state index contributed by atoms with van der Waals surface area (Å²) < 4.78 is 31.9. The van der Waals surface area contributed by atoms with Crippen molar-refractivity contribution in [3.63, 3.8) is 0 Å². The van der Waals surface area contributed by atoms with E-state index in [1.807, 2.05) is 0 Å². The van der Waals surface area contributed by atoms with E-state index in [1.54, 1.807) is 23.9 Å². The molecule has 28 heavy (non-hydrogen) atoms. The summed E-state index contributed by atoms with van der Waals surface area (Å²) in [5.74, 6) is 0.634. The van der Waals surface area contributed by atoms with Gasteiger partial charge in [0.15, 0.2) is 4.34 Å². The summed E-state index contributed by atoms with van der Waals surface area (Å²) in [6.07, 6.45) is 2.01. The summed E-state index contributed by atoms with van der Waals surface area (Å²) in [6.45, 7) is 3.53. The van der Waals surface area contributed by atoms with Crippen LogP contribution in [0.2, 0.25) is 5.02 Å². The quantitative estimate of drug-likeness (QED) is 0.447. The Balaban J connectivity index is 2.28. The Kier molecular flexibility index (Phi) is 7.93. The molecule has 2 aromatic rings. The molecule has 0 aliphatic rings. The van der Waals surface area contributed by atoms with Crippen LogP contribution in [-0.4, -0.2) is 49.7 Å². The highest BCUT2D eigenvalue weighted by atomic mass is 35.5. The van der Waals surface area contributed by atoms with Gasteiger partial charge in [-0.15, -0.1) is 10.2 Å². The molecular formula is C16H21ClN4O4S3. The van der Waals surface area contributed by atoms with Crippen molar-refractivity contribution in [1.82, 2.24) is 10.2 Å². The van der Waals surface area contributed by atoms with Crippen LogP contribution in [0.1, 0.15) is 20.3 Å². The fourth-order valence-electron chi connectivity index (χ4n) is 2.33. The van der Waals surface area contributed by atoms with Gasteiger partial charge >= 0.3 is 0 Å². The van der Waals surface area contributed by atoms with E-state index in [1.165, 1.54) is 31.4 Å². The van der Waals surface area contributed by atoms with Crippen molar-refractivity contribution >= 4 is 61.4 Å². The lowest BCUT2D eigenvalue weighted by Crippen LogP contribution is -2.45. The number of anilines is 2. The summed E-state index contributed by atoms with van der Waals surface area (Å²) in [4.78, 5) is 12.7. The summed E-state index contributed by atoms with van der Waals surface area (Å²) >= 11 is 8.82. The van der Waals surface area contributed by atoms with E-state index in [4.69, 9.17) is 16.3 Å². The normalized spacial score (nSPS) is 12.5. The van der Waals surface area contributed by atoms with Gasteiger partial charge in [0.05, 0.1) is 19.1 Å². The van der Waals surface area contributed by atoms with Crippen molar-refractivity contribution in [2.24, 2.45) is 0 Å². The Morgan fingerprint density at radius 1 is 1.43 bits per heavy atom. The van der Waals surface area contributed by atoms with E-state index < -0.39 is 22.0 Å². The number of sulfonamides is 1. The Labute approximate surface area is 177 Å². The Bertz CT molecular complexity index is 936. The van der Waals surface area contributed by atoms with Gasteiger partial charge in [-0.2, -0.15) is 0 Å². The second-order valence-corrected chi connectivity index (χ2v) is 10.4. The summed E-state index contributed by atoms with van der Waals surface area (Å²) in [5, 5.41) is 11.2. The van der Waals surface area contributed by atoms with E-state index in [0.29, 0.717) is 10.2 Å². The summed E-state index contributed by atoms with van der Waals surface area (Å²) in [5.41, 5.74) is 0.177. The molecule has 0 aliphatic carbocycles. The number of carbonyl (C=O) groups excluding carboxylic acids is 1. The molecule has 154 valence electrons. The number of hydrogen-bond acceptors (Lipinski definition) is 8. The van der Waals surface area contributed by atoms with Crippen molar-refractivity contribution in [3.05, 3.63) is 23.2 Å². The van der Waals surface area contributed by atoms with Gasteiger partial charge in [-0.3, -0.25) is 14.4 Å². The molecule has 1 amide bonds. The maximum absolute atomic E-state index is 12.7. The van der Waals surface area contributed by atoms with Gasteiger partial charge in [-0.25, -0.2) is 8.42 Å². The van der Waals surface area contributed by atoms with Gasteiger partial charge in [0.2, 0.25) is 21.1 Å². The van der Waals surface area contributed by atoms with Gasteiger partial charge in [0.25, 0.3) is 0 Å². The first-order valence-corrected chi connectivity index (χ1v) is 12.3. The topological polar surface area (TPSA) is 101 Å². The molecule has 0 unspecified atom stereocenters. The second kappa shape index (κ2) is 9.77. The number of halogens is 1. The number of thioether (sulfide) groups is 1.